The molecular formula is C15H24BrN3O. The summed E-state index contributed by atoms with van der Waals surface area (Å²) in [5.74, 6) is 0.751. The zero-order chi connectivity index (χ0) is 14.4. The molecule has 1 aromatic rings. The van der Waals surface area contributed by atoms with E-state index in [-0.39, 0.29) is 0 Å². The Morgan fingerprint density at radius 2 is 2.15 bits per heavy atom. The number of nitrogens with one attached hydrogen (secondary N) is 1. The van der Waals surface area contributed by atoms with Crippen LogP contribution in [0.3, 0.4) is 0 Å². The van der Waals surface area contributed by atoms with Crippen LogP contribution in [0, 0.1) is 0 Å². The lowest BCUT2D eigenvalue weighted by Gasteiger charge is -2.16. The van der Waals surface area contributed by atoms with E-state index in [1.165, 1.54) is 25.9 Å². The van der Waals surface area contributed by atoms with Crippen molar-refractivity contribution in [3.63, 3.8) is 0 Å². The lowest BCUT2D eigenvalue weighted by Crippen LogP contribution is -2.26. The molecule has 0 saturated carbocycles. The monoisotopic (exact) mass is 341 g/mol. The first-order valence-electron chi connectivity index (χ1n) is 7.38. The maximum absolute atomic E-state index is 5.87. The number of aromatic nitrogens is 1. The zero-order valence-electron chi connectivity index (χ0n) is 12.4. The van der Waals surface area contributed by atoms with E-state index in [0.717, 1.165) is 29.0 Å². The topological polar surface area (TPSA) is 37.4 Å². The number of halogens is 1. The molecule has 2 heterocycles. The number of rotatable bonds is 7. The molecule has 1 aliphatic rings. The van der Waals surface area contributed by atoms with Crippen LogP contribution in [0.1, 0.15) is 32.3 Å². The van der Waals surface area contributed by atoms with Gasteiger partial charge in [0.25, 0.3) is 0 Å². The number of nitrogens with zero attached hydrogens (tertiary/aromatic N) is 2. The summed E-state index contributed by atoms with van der Waals surface area (Å²) in [5, 5.41) is 3.41. The number of hydrogen-bond donors (Lipinski definition) is 1. The number of hydrogen-bond acceptors (Lipinski definition) is 4. The van der Waals surface area contributed by atoms with Gasteiger partial charge >= 0.3 is 0 Å². The van der Waals surface area contributed by atoms with Crippen molar-refractivity contribution in [3.05, 3.63) is 22.3 Å². The van der Waals surface area contributed by atoms with Crippen molar-refractivity contribution < 1.29 is 4.74 Å². The zero-order valence-corrected chi connectivity index (χ0v) is 13.9. The third-order valence-corrected chi connectivity index (χ3v) is 3.87. The first-order chi connectivity index (χ1) is 9.65. The van der Waals surface area contributed by atoms with Crippen LogP contribution in [0.4, 0.5) is 0 Å². The largest absolute Gasteiger partial charge is 0.476 e. The van der Waals surface area contributed by atoms with Gasteiger partial charge in [0.2, 0.25) is 5.88 Å². The molecule has 1 aliphatic heterocycles. The van der Waals surface area contributed by atoms with Crippen LogP contribution < -0.4 is 10.1 Å². The van der Waals surface area contributed by atoms with Gasteiger partial charge in [-0.1, -0.05) is 13.8 Å². The Morgan fingerprint density at radius 3 is 2.85 bits per heavy atom. The van der Waals surface area contributed by atoms with Gasteiger partial charge in [-0.25, -0.2) is 4.98 Å². The van der Waals surface area contributed by atoms with E-state index in [1.54, 1.807) is 6.20 Å². The van der Waals surface area contributed by atoms with Crippen LogP contribution in [0.5, 0.6) is 5.88 Å². The normalized spacial score (nSPS) is 16.0. The predicted molar refractivity (Wildman–Crippen MR) is 85.1 cm³/mol. The smallest absolute Gasteiger partial charge is 0.217 e. The van der Waals surface area contributed by atoms with Crippen LogP contribution in [-0.4, -0.2) is 42.2 Å². The third-order valence-electron chi connectivity index (χ3n) is 3.44. The van der Waals surface area contributed by atoms with Gasteiger partial charge in [0.15, 0.2) is 0 Å². The highest BCUT2D eigenvalue weighted by Crippen LogP contribution is 2.20. The summed E-state index contributed by atoms with van der Waals surface area (Å²) in [4.78, 5) is 6.84. The van der Waals surface area contributed by atoms with E-state index in [2.05, 4.69) is 51.0 Å². The second kappa shape index (κ2) is 7.96. The minimum atomic E-state index is 0.450. The molecule has 0 spiro atoms. The van der Waals surface area contributed by atoms with Gasteiger partial charge in [0.05, 0.1) is 0 Å². The fourth-order valence-electron chi connectivity index (χ4n) is 2.32. The molecule has 0 amide bonds. The first kappa shape index (κ1) is 15.7. The molecule has 112 valence electrons. The molecule has 20 heavy (non-hydrogen) atoms. The summed E-state index contributed by atoms with van der Waals surface area (Å²) in [5.41, 5.74) is 1.11. The van der Waals surface area contributed by atoms with Gasteiger partial charge in [0, 0.05) is 35.4 Å². The second-order valence-corrected chi connectivity index (χ2v) is 6.47. The molecule has 0 atom stereocenters. The van der Waals surface area contributed by atoms with E-state index in [0.29, 0.717) is 12.6 Å². The molecule has 0 radical (unpaired) electrons. The Morgan fingerprint density at radius 1 is 1.40 bits per heavy atom. The molecular weight excluding hydrogens is 318 g/mol. The van der Waals surface area contributed by atoms with Gasteiger partial charge in [0.1, 0.15) is 6.61 Å². The maximum Gasteiger partial charge on any atom is 0.217 e. The number of ether oxygens (including phenoxy) is 1. The quantitative estimate of drug-likeness (QED) is 0.827. The van der Waals surface area contributed by atoms with E-state index in [9.17, 15) is 0 Å². The third kappa shape index (κ3) is 5.04. The highest BCUT2D eigenvalue weighted by Gasteiger charge is 2.12. The summed E-state index contributed by atoms with van der Waals surface area (Å²) in [6.45, 7) is 9.18. The van der Waals surface area contributed by atoms with Crippen molar-refractivity contribution in [1.82, 2.24) is 15.2 Å². The number of pyridine rings is 1. The van der Waals surface area contributed by atoms with E-state index in [1.807, 2.05) is 0 Å². The average molecular weight is 342 g/mol. The molecule has 0 aliphatic carbocycles. The van der Waals surface area contributed by atoms with Crippen LogP contribution in [-0.2, 0) is 6.54 Å². The lowest BCUT2D eigenvalue weighted by molar-refractivity contribution is 0.230. The van der Waals surface area contributed by atoms with Crippen molar-refractivity contribution >= 4 is 15.9 Å². The minimum absolute atomic E-state index is 0.450. The molecule has 1 saturated heterocycles. The molecule has 1 N–H and O–H groups in total. The van der Waals surface area contributed by atoms with Gasteiger partial charge in [-0.2, -0.15) is 0 Å². The highest BCUT2D eigenvalue weighted by molar-refractivity contribution is 9.10. The first-order valence-corrected chi connectivity index (χ1v) is 8.17. The Balaban J connectivity index is 1.88. The van der Waals surface area contributed by atoms with Crippen LogP contribution >= 0.6 is 15.9 Å². The molecule has 2 rings (SSSR count). The van der Waals surface area contributed by atoms with Gasteiger partial charge < -0.3 is 10.1 Å². The molecule has 0 aromatic carbocycles. The van der Waals surface area contributed by atoms with Crippen molar-refractivity contribution in [3.8, 4) is 5.88 Å². The lowest BCUT2D eigenvalue weighted by atomic mass is 10.2. The predicted octanol–water partition coefficient (Wildman–Crippen LogP) is 2.82. The minimum Gasteiger partial charge on any atom is -0.476 e. The van der Waals surface area contributed by atoms with Gasteiger partial charge in [-0.15, -0.1) is 0 Å². The van der Waals surface area contributed by atoms with E-state index >= 15 is 0 Å². The number of likely N-dealkylation sites (tertiary alicyclic amines) is 1. The molecule has 4 nitrogen and oxygen atoms in total. The van der Waals surface area contributed by atoms with Crippen molar-refractivity contribution in [2.45, 2.75) is 39.3 Å². The molecule has 1 aromatic heterocycles. The van der Waals surface area contributed by atoms with E-state index in [4.69, 9.17) is 4.74 Å². The Labute approximate surface area is 130 Å². The Bertz CT molecular complexity index is 420. The Kier molecular flexibility index (Phi) is 6.26. The summed E-state index contributed by atoms with van der Waals surface area (Å²) in [7, 11) is 0. The van der Waals surface area contributed by atoms with Crippen molar-refractivity contribution in [2.24, 2.45) is 0 Å². The molecule has 5 heteroatoms. The molecule has 1 fully saturated rings. The average Bonchev–Trinajstić information content (AvgIpc) is 2.91. The van der Waals surface area contributed by atoms with Crippen LogP contribution in [0.25, 0.3) is 0 Å². The summed E-state index contributed by atoms with van der Waals surface area (Å²) in [6, 6.07) is 2.53. The summed E-state index contributed by atoms with van der Waals surface area (Å²) in [6.07, 6.45) is 4.43. The maximum atomic E-state index is 5.87. The summed E-state index contributed by atoms with van der Waals surface area (Å²) < 4.78 is 6.86. The van der Waals surface area contributed by atoms with Gasteiger partial charge in [-0.3, -0.25) is 4.90 Å². The van der Waals surface area contributed by atoms with Crippen LogP contribution in [0.15, 0.2) is 16.7 Å². The fraction of sp³-hybridized carbons (Fsp3) is 0.667. The van der Waals surface area contributed by atoms with E-state index < -0.39 is 0 Å². The van der Waals surface area contributed by atoms with Crippen molar-refractivity contribution in [2.75, 3.05) is 26.2 Å². The SMILES string of the molecule is CC(C)NCc1cc(Br)cnc1OCCN1CCCC1. The molecule has 0 bridgehead atoms. The fourth-order valence-corrected chi connectivity index (χ4v) is 2.70. The summed E-state index contributed by atoms with van der Waals surface area (Å²) >= 11 is 3.47. The van der Waals surface area contributed by atoms with Crippen molar-refractivity contribution in [1.29, 1.82) is 0 Å². The van der Waals surface area contributed by atoms with Crippen LogP contribution in [0.2, 0.25) is 0 Å². The highest BCUT2D eigenvalue weighted by atomic mass is 79.9. The Hall–Kier alpha value is -0.650. The standard InChI is InChI=1S/C15H24BrN3O/c1-12(2)17-10-13-9-14(16)11-18-15(13)20-8-7-19-5-3-4-6-19/h9,11-12,17H,3-8,10H2,1-2H3. The second-order valence-electron chi connectivity index (χ2n) is 5.55. The van der Waals surface area contributed by atoms with Gasteiger partial charge in [-0.05, 0) is 47.9 Å². The molecule has 0 unspecified atom stereocenters.